The number of aromatic nitrogens is 5. The molecule has 0 bridgehead atoms. The van der Waals surface area contributed by atoms with Gasteiger partial charge in [0.15, 0.2) is 12.4 Å². The molecule has 0 saturated carbocycles. The molecule has 1 amide bonds. The predicted molar refractivity (Wildman–Crippen MR) is 161 cm³/mol. The number of hydrogen-bond donors (Lipinski definition) is 2. The highest BCUT2D eigenvalue weighted by Crippen LogP contribution is 2.30. The lowest BCUT2D eigenvalue weighted by Crippen LogP contribution is -2.34. The van der Waals surface area contributed by atoms with Crippen LogP contribution in [0.3, 0.4) is 0 Å². The molecule has 4 heterocycles. The molecule has 10 nitrogen and oxygen atoms in total. The molecule has 2 aromatic carbocycles. The van der Waals surface area contributed by atoms with Crippen molar-refractivity contribution in [2.45, 2.75) is 45.4 Å². The maximum Gasteiger partial charge on any atom is 0.258 e. The molecule has 42 heavy (non-hydrogen) atoms. The standard InChI is InChI=1S/C32H33N7O3/c1-21(2)35-29(40)20-42-26-7-5-6-23(16-26)31-37-28-13-14-33-18-27(28)32(38-31)36-25-11-9-22(10-12-25)24-17-34-39(19-24)30-8-3-4-15-41-30/h5-7,9-14,16-19,21,30H,3-4,8,15,20H2,1-2H3,(H,35,40)(H,36,37,38). The zero-order chi connectivity index (χ0) is 28.9. The Morgan fingerprint density at radius 1 is 1.05 bits per heavy atom. The van der Waals surface area contributed by atoms with E-state index in [-0.39, 0.29) is 24.8 Å². The minimum Gasteiger partial charge on any atom is -0.484 e. The van der Waals surface area contributed by atoms with E-state index in [1.807, 2.05) is 73.4 Å². The van der Waals surface area contributed by atoms with E-state index in [1.54, 1.807) is 12.4 Å². The average Bonchev–Trinajstić information content (AvgIpc) is 3.51. The van der Waals surface area contributed by atoms with Crippen LogP contribution < -0.4 is 15.4 Å². The summed E-state index contributed by atoms with van der Waals surface area (Å²) >= 11 is 0. The van der Waals surface area contributed by atoms with Gasteiger partial charge in [0, 0.05) is 48.1 Å². The van der Waals surface area contributed by atoms with Gasteiger partial charge in [0.25, 0.3) is 5.91 Å². The highest BCUT2D eigenvalue weighted by Gasteiger charge is 2.17. The van der Waals surface area contributed by atoms with Crippen molar-refractivity contribution in [3.8, 4) is 28.3 Å². The van der Waals surface area contributed by atoms with E-state index in [2.05, 4.69) is 32.8 Å². The summed E-state index contributed by atoms with van der Waals surface area (Å²) in [6.45, 7) is 4.54. The Hall–Kier alpha value is -4.83. The maximum atomic E-state index is 12.0. The number of carbonyl (C=O) groups excluding carboxylic acids is 1. The average molecular weight is 564 g/mol. The minimum absolute atomic E-state index is 0.0129. The first-order chi connectivity index (χ1) is 20.5. The number of anilines is 2. The molecule has 2 N–H and O–H groups in total. The van der Waals surface area contributed by atoms with Crippen molar-refractivity contribution in [2.75, 3.05) is 18.5 Å². The van der Waals surface area contributed by atoms with Crippen LogP contribution >= 0.6 is 0 Å². The van der Waals surface area contributed by atoms with Crippen LogP contribution in [-0.2, 0) is 9.53 Å². The Labute approximate surface area is 244 Å². The monoisotopic (exact) mass is 563 g/mol. The van der Waals surface area contributed by atoms with Gasteiger partial charge in [-0.2, -0.15) is 5.10 Å². The Morgan fingerprint density at radius 3 is 2.74 bits per heavy atom. The molecular formula is C32H33N7O3. The summed E-state index contributed by atoms with van der Waals surface area (Å²) in [4.78, 5) is 25.9. The molecule has 1 atom stereocenters. The van der Waals surface area contributed by atoms with Gasteiger partial charge in [-0.3, -0.25) is 9.78 Å². The Bertz CT molecular complexity index is 1680. The largest absolute Gasteiger partial charge is 0.484 e. The molecule has 10 heteroatoms. The minimum atomic E-state index is -0.172. The van der Waals surface area contributed by atoms with Gasteiger partial charge in [-0.1, -0.05) is 24.3 Å². The van der Waals surface area contributed by atoms with E-state index in [0.29, 0.717) is 17.4 Å². The van der Waals surface area contributed by atoms with Crippen molar-refractivity contribution in [1.29, 1.82) is 0 Å². The first kappa shape index (κ1) is 27.3. The van der Waals surface area contributed by atoms with Gasteiger partial charge in [0.1, 0.15) is 17.8 Å². The molecule has 1 saturated heterocycles. The van der Waals surface area contributed by atoms with E-state index in [1.165, 1.54) is 0 Å². The van der Waals surface area contributed by atoms with Crippen LogP contribution in [0.2, 0.25) is 0 Å². The predicted octanol–water partition coefficient (Wildman–Crippen LogP) is 5.90. The molecule has 5 aromatic rings. The third kappa shape index (κ3) is 6.39. The fraction of sp³-hybridized carbons (Fsp3) is 0.281. The zero-order valence-electron chi connectivity index (χ0n) is 23.7. The first-order valence-electron chi connectivity index (χ1n) is 14.2. The molecule has 1 fully saturated rings. The van der Waals surface area contributed by atoms with Crippen molar-refractivity contribution in [3.05, 3.63) is 79.4 Å². The van der Waals surface area contributed by atoms with Gasteiger partial charge >= 0.3 is 0 Å². The fourth-order valence-corrected chi connectivity index (χ4v) is 4.89. The number of benzene rings is 2. The van der Waals surface area contributed by atoms with Crippen molar-refractivity contribution in [1.82, 2.24) is 30.0 Å². The molecule has 6 rings (SSSR count). The van der Waals surface area contributed by atoms with Gasteiger partial charge in [-0.15, -0.1) is 0 Å². The Balaban J connectivity index is 1.22. The molecule has 1 aliphatic rings. The highest BCUT2D eigenvalue weighted by atomic mass is 16.5. The van der Waals surface area contributed by atoms with Gasteiger partial charge < -0.3 is 20.1 Å². The number of nitrogens with zero attached hydrogens (tertiary/aromatic N) is 5. The van der Waals surface area contributed by atoms with E-state index in [4.69, 9.17) is 19.4 Å². The van der Waals surface area contributed by atoms with Gasteiger partial charge in [0.05, 0.1) is 17.1 Å². The van der Waals surface area contributed by atoms with Crippen LogP contribution in [0.1, 0.15) is 39.3 Å². The number of rotatable bonds is 9. The molecule has 0 spiro atoms. The lowest BCUT2D eigenvalue weighted by Gasteiger charge is -2.22. The van der Waals surface area contributed by atoms with E-state index in [0.717, 1.165) is 59.2 Å². The van der Waals surface area contributed by atoms with Crippen molar-refractivity contribution >= 4 is 28.3 Å². The summed E-state index contributed by atoms with van der Waals surface area (Å²) in [5.41, 5.74) is 4.52. The topological polar surface area (TPSA) is 116 Å². The number of ether oxygens (including phenoxy) is 2. The third-order valence-electron chi connectivity index (χ3n) is 6.94. The lowest BCUT2D eigenvalue weighted by molar-refractivity contribution is -0.123. The van der Waals surface area contributed by atoms with Crippen LogP contribution in [0.15, 0.2) is 79.4 Å². The second-order valence-electron chi connectivity index (χ2n) is 10.6. The number of pyridine rings is 1. The van der Waals surface area contributed by atoms with E-state index in [9.17, 15) is 4.79 Å². The molecule has 0 aliphatic carbocycles. The van der Waals surface area contributed by atoms with Gasteiger partial charge in [-0.05, 0) is 69.0 Å². The summed E-state index contributed by atoms with van der Waals surface area (Å²) in [6, 6.07) is 17.5. The lowest BCUT2D eigenvalue weighted by atomic mass is 10.1. The fourth-order valence-electron chi connectivity index (χ4n) is 4.89. The number of hydrogen-bond acceptors (Lipinski definition) is 8. The number of nitrogens with one attached hydrogen (secondary N) is 2. The number of carbonyl (C=O) groups is 1. The van der Waals surface area contributed by atoms with Gasteiger partial charge in [-0.25, -0.2) is 14.6 Å². The Kier molecular flexibility index (Phi) is 8.05. The summed E-state index contributed by atoms with van der Waals surface area (Å²) in [5, 5.41) is 11.6. The number of amides is 1. The smallest absolute Gasteiger partial charge is 0.258 e. The van der Waals surface area contributed by atoms with Crippen LogP contribution in [0.4, 0.5) is 11.5 Å². The van der Waals surface area contributed by atoms with Crippen molar-refractivity contribution in [3.63, 3.8) is 0 Å². The van der Waals surface area contributed by atoms with Crippen LogP contribution in [0.25, 0.3) is 33.4 Å². The highest BCUT2D eigenvalue weighted by molar-refractivity contribution is 5.91. The molecule has 0 radical (unpaired) electrons. The third-order valence-corrected chi connectivity index (χ3v) is 6.94. The summed E-state index contributed by atoms with van der Waals surface area (Å²) in [7, 11) is 0. The second-order valence-corrected chi connectivity index (χ2v) is 10.6. The summed E-state index contributed by atoms with van der Waals surface area (Å²) < 4.78 is 13.5. The van der Waals surface area contributed by atoms with Crippen LogP contribution in [0, 0.1) is 0 Å². The summed E-state index contributed by atoms with van der Waals surface area (Å²) in [5.74, 6) is 1.56. The van der Waals surface area contributed by atoms with E-state index < -0.39 is 0 Å². The Morgan fingerprint density at radius 2 is 1.93 bits per heavy atom. The first-order valence-corrected chi connectivity index (χ1v) is 14.2. The zero-order valence-corrected chi connectivity index (χ0v) is 23.7. The molecule has 1 unspecified atom stereocenters. The molecule has 3 aromatic heterocycles. The van der Waals surface area contributed by atoms with Gasteiger partial charge in [0.2, 0.25) is 0 Å². The molecular weight excluding hydrogens is 530 g/mol. The van der Waals surface area contributed by atoms with E-state index >= 15 is 0 Å². The normalized spacial score (nSPS) is 15.1. The van der Waals surface area contributed by atoms with Crippen molar-refractivity contribution in [2.24, 2.45) is 0 Å². The molecule has 1 aliphatic heterocycles. The summed E-state index contributed by atoms with van der Waals surface area (Å²) in [6.07, 6.45) is 10.7. The van der Waals surface area contributed by atoms with Crippen LogP contribution in [-0.4, -0.2) is 49.9 Å². The van der Waals surface area contributed by atoms with Crippen molar-refractivity contribution < 1.29 is 14.3 Å². The number of fused-ring (bicyclic) bond motifs is 1. The van der Waals surface area contributed by atoms with Crippen LogP contribution in [0.5, 0.6) is 5.75 Å². The maximum absolute atomic E-state index is 12.0. The second kappa shape index (κ2) is 12.4. The quantitative estimate of drug-likeness (QED) is 0.228. The SMILES string of the molecule is CC(C)NC(=O)COc1cccc(-c2nc(Nc3ccc(-c4cnn(C5CCCCO5)c4)cc3)c3cnccc3n2)c1. The molecule has 214 valence electrons.